The fourth-order valence-electron chi connectivity index (χ4n) is 5.15. The van der Waals surface area contributed by atoms with Crippen LogP contribution < -0.4 is 20.1 Å². The maximum atomic E-state index is 13.7. The Balaban J connectivity index is 1.48. The maximum Gasteiger partial charge on any atom is 0.334 e. The number of nitrogens with one attached hydrogen (secondary N) is 2. The number of hydrogen-bond acceptors (Lipinski definition) is 7. The molecule has 3 amide bonds. The molecule has 11 heteroatoms. The number of likely N-dealkylation sites (tertiary alicyclic amines) is 1. The summed E-state index contributed by atoms with van der Waals surface area (Å²) < 4.78 is 11.5. The highest BCUT2D eigenvalue weighted by molar-refractivity contribution is 5.94. The third-order valence-electron chi connectivity index (χ3n) is 7.56. The van der Waals surface area contributed by atoms with Gasteiger partial charge in [0.25, 0.3) is 0 Å². The van der Waals surface area contributed by atoms with Crippen molar-refractivity contribution in [3.05, 3.63) is 90.5 Å². The van der Waals surface area contributed by atoms with E-state index >= 15 is 0 Å². The van der Waals surface area contributed by atoms with Gasteiger partial charge in [0.05, 0.1) is 6.42 Å². The molecular weight excluding hydrogens is 590 g/mol. The van der Waals surface area contributed by atoms with E-state index in [1.54, 1.807) is 68.4 Å². The lowest BCUT2D eigenvalue weighted by Gasteiger charge is -2.31. The van der Waals surface area contributed by atoms with Gasteiger partial charge in [-0.15, -0.1) is 0 Å². The number of ether oxygens (including phenoxy) is 2. The van der Waals surface area contributed by atoms with Crippen LogP contribution >= 0.6 is 0 Å². The molecule has 1 saturated heterocycles. The molecule has 0 spiro atoms. The van der Waals surface area contributed by atoms with Crippen LogP contribution in [0.25, 0.3) is 0 Å². The first-order valence-electron chi connectivity index (χ1n) is 15.3. The summed E-state index contributed by atoms with van der Waals surface area (Å²) in [5, 5.41) is 14.4. The molecule has 242 valence electrons. The molecule has 1 fully saturated rings. The minimum absolute atomic E-state index is 0.123. The van der Waals surface area contributed by atoms with E-state index in [9.17, 15) is 24.0 Å². The van der Waals surface area contributed by atoms with E-state index in [1.165, 1.54) is 4.90 Å². The van der Waals surface area contributed by atoms with Crippen molar-refractivity contribution in [2.24, 2.45) is 5.92 Å². The number of carboxylic acid groups (broad SMARTS) is 1. The lowest BCUT2D eigenvalue weighted by atomic mass is 10.0. The first-order chi connectivity index (χ1) is 22.1. The predicted molar refractivity (Wildman–Crippen MR) is 169 cm³/mol. The van der Waals surface area contributed by atoms with Crippen LogP contribution in [0, 0.1) is 5.92 Å². The van der Waals surface area contributed by atoms with Crippen molar-refractivity contribution < 1.29 is 38.6 Å². The Bertz CT molecular complexity index is 1500. The number of nitrogens with zero attached hydrogens (tertiary/aromatic N) is 1. The summed E-state index contributed by atoms with van der Waals surface area (Å²) in [4.78, 5) is 65.3. The van der Waals surface area contributed by atoms with E-state index in [1.807, 2.05) is 30.3 Å². The molecule has 4 rings (SSSR count). The molecule has 0 aliphatic carbocycles. The van der Waals surface area contributed by atoms with Crippen LogP contribution in [0.2, 0.25) is 0 Å². The molecule has 3 N–H and O–H groups in total. The highest BCUT2D eigenvalue weighted by Gasteiger charge is 2.40. The molecule has 1 aliphatic rings. The predicted octanol–water partition coefficient (Wildman–Crippen LogP) is 4.11. The molecule has 3 atom stereocenters. The Hall–Kier alpha value is -5.19. The van der Waals surface area contributed by atoms with Crippen LogP contribution in [0.4, 0.5) is 0 Å². The van der Waals surface area contributed by atoms with Crippen LogP contribution in [0.1, 0.15) is 45.1 Å². The van der Waals surface area contributed by atoms with E-state index < -0.39 is 47.8 Å². The average Bonchev–Trinajstić information content (AvgIpc) is 3.54. The number of carboxylic acids is 1. The van der Waals surface area contributed by atoms with Gasteiger partial charge in [-0.2, -0.15) is 0 Å². The van der Waals surface area contributed by atoms with E-state index in [0.29, 0.717) is 36.6 Å². The second-order valence-electron chi connectivity index (χ2n) is 11.4. The molecule has 11 nitrogen and oxygen atoms in total. The summed E-state index contributed by atoms with van der Waals surface area (Å²) in [5.74, 6) is -1.97. The zero-order chi connectivity index (χ0) is 33.1. The van der Waals surface area contributed by atoms with E-state index in [2.05, 4.69) is 10.6 Å². The molecule has 0 aromatic heterocycles. The number of carbonyl (C=O) groups is 5. The van der Waals surface area contributed by atoms with Gasteiger partial charge in [0.15, 0.2) is 0 Å². The average molecular weight is 630 g/mol. The Morgan fingerprint density at radius 3 is 2.04 bits per heavy atom. The van der Waals surface area contributed by atoms with Gasteiger partial charge in [-0.05, 0) is 60.7 Å². The Morgan fingerprint density at radius 1 is 0.826 bits per heavy atom. The number of amides is 3. The molecule has 3 aromatic carbocycles. The quantitative estimate of drug-likeness (QED) is 0.178. The summed E-state index contributed by atoms with van der Waals surface area (Å²) in [6.45, 7) is 3.82. The third-order valence-corrected chi connectivity index (χ3v) is 7.56. The zero-order valence-corrected chi connectivity index (χ0v) is 25.9. The number of hydrogen-bond donors (Lipinski definition) is 3. The van der Waals surface area contributed by atoms with Gasteiger partial charge in [0.1, 0.15) is 35.4 Å². The molecule has 0 unspecified atom stereocenters. The topological polar surface area (TPSA) is 151 Å². The van der Waals surface area contributed by atoms with Crippen LogP contribution in [0.3, 0.4) is 0 Å². The lowest BCUT2D eigenvalue weighted by Crippen LogP contribution is -2.57. The SMILES string of the molecule is CC(C)[C@H](NC(=O)CCC(=O)O)C(=O)N1CCC[C@H]1C(=O)N[C@@H](Cc1ccc(Oc2ccccc2)cc1)C(=O)Oc1ccccc1. The van der Waals surface area contributed by atoms with Gasteiger partial charge in [0, 0.05) is 19.4 Å². The fraction of sp³-hybridized carbons (Fsp3) is 0.343. The number of rotatable bonds is 14. The number of para-hydroxylation sites is 2. The summed E-state index contributed by atoms with van der Waals surface area (Å²) in [6.07, 6.45) is 0.437. The van der Waals surface area contributed by atoms with Crippen LogP contribution in [-0.2, 0) is 30.4 Å². The molecule has 1 aliphatic heterocycles. The van der Waals surface area contributed by atoms with Gasteiger partial charge < -0.3 is 30.1 Å². The van der Waals surface area contributed by atoms with Crippen LogP contribution in [0.5, 0.6) is 17.2 Å². The maximum absolute atomic E-state index is 13.7. The molecule has 46 heavy (non-hydrogen) atoms. The first-order valence-corrected chi connectivity index (χ1v) is 15.3. The number of carbonyl (C=O) groups excluding carboxylic acids is 4. The van der Waals surface area contributed by atoms with E-state index in [-0.39, 0.29) is 25.2 Å². The highest BCUT2D eigenvalue weighted by atomic mass is 16.5. The third kappa shape index (κ3) is 9.65. The van der Waals surface area contributed by atoms with Gasteiger partial charge in [-0.3, -0.25) is 19.2 Å². The largest absolute Gasteiger partial charge is 0.481 e. The molecule has 1 heterocycles. The van der Waals surface area contributed by atoms with Gasteiger partial charge >= 0.3 is 11.9 Å². The molecule has 3 aromatic rings. The van der Waals surface area contributed by atoms with Crippen molar-refractivity contribution in [1.82, 2.24) is 15.5 Å². The number of aliphatic carboxylic acids is 1. The summed E-state index contributed by atoms with van der Waals surface area (Å²) in [6, 6.07) is 22.1. The van der Waals surface area contributed by atoms with Crippen LogP contribution in [-0.4, -0.2) is 64.3 Å². The lowest BCUT2D eigenvalue weighted by molar-refractivity contribution is -0.144. The smallest absolute Gasteiger partial charge is 0.334 e. The molecule has 0 bridgehead atoms. The van der Waals surface area contributed by atoms with Crippen molar-refractivity contribution in [3.8, 4) is 17.2 Å². The fourth-order valence-corrected chi connectivity index (χ4v) is 5.15. The monoisotopic (exact) mass is 629 g/mol. The zero-order valence-electron chi connectivity index (χ0n) is 25.9. The van der Waals surface area contributed by atoms with Gasteiger partial charge in [-0.25, -0.2) is 4.79 Å². The van der Waals surface area contributed by atoms with E-state index in [4.69, 9.17) is 14.6 Å². The van der Waals surface area contributed by atoms with Gasteiger partial charge in [0.2, 0.25) is 17.7 Å². The van der Waals surface area contributed by atoms with Gasteiger partial charge in [-0.1, -0.05) is 62.4 Å². The van der Waals surface area contributed by atoms with Crippen molar-refractivity contribution in [2.75, 3.05) is 6.54 Å². The first kappa shape index (κ1) is 33.7. The normalized spacial score (nSPS) is 15.5. The highest BCUT2D eigenvalue weighted by Crippen LogP contribution is 2.23. The van der Waals surface area contributed by atoms with Crippen molar-refractivity contribution in [1.29, 1.82) is 0 Å². The van der Waals surface area contributed by atoms with Crippen molar-refractivity contribution >= 4 is 29.7 Å². The minimum atomic E-state index is -1.12. The molecule has 0 saturated carbocycles. The molecular formula is C35H39N3O8. The second-order valence-corrected chi connectivity index (χ2v) is 11.4. The van der Waals surface area contributed by atoms with Crippen molar-refractivity contribution in [3.63, 3.8) is 0 Å². The number of benzene rings is 3. The van der Waals surface area contributed by atoms with Crippen molar-refractivity contribution in [2.45, 2.75) is 64.1 Å². The summed E-state index contributed by atoms with van der Waals surface area (Å²) in [5.41, 5.74) is 0.749. The summed E-state index contributed by atoms with van der Waals surface area (Å²) in [7, 11) is 0. The summed E-state index contributed by atoms with van der Waals surface area (Å²) >= 11 is 0. The minimum Gasteiger partial charge on any atom is -0.481 e. The molecule has 0 radical (unpaired) electrons. The second kappa shape index (κ2) is 16.2. The Morgan fingerprint density at radius 2 is 1.43 bits per heavy atom. The standard InChI is InChI=1S/C35H39N3O8/c1-23(2)32(37-30(39)19-20-31(40)41)34(43)38-21-9-14-29(38)33(42)36-28(35(44)46-26-12-7-4-8-13-26)22-24-15-17-27(18-16-24)45-25-10-5-3-6-11-25/h3-8,10-13,15-18,23,28-29,32H,9,14,19-22H2,1-2H3,(H,36,42)(H,37,39)(H,40,41)/t28-,29-,32-/m0/s1. The Kier molecular flexibility index (Phi) is 11.9. The van der Waals surface area contributed by atoms with E-state index in [0.717, 1.165) is 5.56 Å². The number of esters is 1. The Labute approximate surface area is 267 Å². The van der Waals surface area contributed by atoms with Crippen LogP contribution in [0.15, 0.2) is 84.9 Å².